The van der Waals surface area contributed by atoms with Crippen molar-refractivity contribution in [1.29, 1.82) is 0 Å². The first-order chi connectivity index (χ1) is 8.61. The Hall–Kier alpha value is -1.06. The molecule has 0 radical (unpaired) electrons. The fourth-order valence-electron chi connectivity index (χ4n) is 2.34. The molecule has 0 aliphatic carbocycles. The van der Waals surface area contributed by atoms with Crippen LogP contribution in [0.25, 0.3) is 0 Å². The lowest BCUT2D eigenvalue weighted by atomic mass is 10.1. The van der Waals surface area contributed by atoms with E-state index in [4.69, 9.17) is 9.47 Å². The van der Waals surface area contributed by atoms with Gasteiger partial charge >= 0.3 is 0 Å². The zero-order chi connectivity index (χ0) is 13.0. The van der Waals surface area contributed by atoms with Crippen LogP contribution in [0.1, 0.15) is 26.3 Å². The van der Waals surface area contributed by atoms with E-state index in [1.54, 1.807) is 0 Å². The number of fused-ring (bicyclic) bond motifs is 1. The lowest BCUT2D eigenvalue weighted by Gasteiger charge is -2.25. The highest BCUT2D eigenvalue weighted by Gasteiger charge is 2.23. The Bertz CT molecular complexity index is 365. The summed E-state index contributed by atoms with van der Waals surface area (Å²) in [5.74, 6) is 1.04. The molecule has 0 fully saturated rings. The molecule has 0 amide bonds. The molecule has 1 aromatic rings. The predicted molar refractivity (Wildman–Crippen MR) is 73.1 cm³/mol. The van der Waals surface area contributed by atoms with E-state index in [1.807, 2.05) is 19.1 Å². The van der Waals surface area contributed by atoms with Crippen molar-refractivity contribution in [3.05, 3.63) is 29.8 Å². The molecule has 1 aliphatic rings. The summed E-state index contributed by atoms with van der Waals surface area (Å²) >= 11 is 0. The summed E-state index contributed by atoms with van der Waals surface area (Å²) in [7, 11) is 0. The lowest BCUT2D eigenvalue weighted by Crippen LogP contribution is -2.41. The quantitative estimate of drug-likeness (QED) is 0.839. The summed E-state index contributed by atoms with van der Waals surface area (Å²) in [6, 6.07) is 8.27. The molecule has 1 heterocycles. The molecule has 0 aromatic heterocycles. The number of benzene rings is 1. The van der Waals surface area contributed by atoms with Crippen molar-refractivity contribution in [1.82, 2.24) is 5.32 Å². The van der Waals surface area contributed by atoms with Crippen LogP contribution in [0.5, 0.6) is 5.75 Å². The van der Waals surface area contributed by atoms with E-state index in [9.17, 15) is 0 Å². The maximum absolute atomic E-state index is 5.88. The molecule has 18 heavy (non-hydrogen) atoms. The average molecular weight is 249 g/mol. The van der Waals surface area contributed by atoms with E-state index >= 15 is 0 Å². The van der Waals surface area contributed by atoms with Crippen molar-refractivity contribution in [3.63, 3.8) is 0 Å². The summed E-state index contributed by atoms with van der Waals surface area (Å²) in [5, 5.41) is 3.44. The highest BCUT2D eigenvalue weighted by atomic mass is 16.5. The van der Waals surface area contributed by atoms with Crippen molar-refractivity contribution in [2.45, 2.75) is 38.9 Å². The van der Waals surface area contributed by atoms with Crippen LogP contribution in [0, 0.1) is 0 Å². The number of nitrogens with one attached hydrogen (secondary N) is 1. The number of ether oxygens (including phenoxy) is 2. The smallest absolute Gasteiger partial charge is 0.123 e. The van der Waals surface area contributed by atoms with Crippen molar-refractivity contribution in [2.75, 3.05) is 19.7 Å². The Morgan fingerprint density at radius 1 is 1.39 bits per heavy atom. The standard InChI is InChI=1S/C15H23NO2/c1-4-17-15(2,3)11-16-10-13-9-12-7-5-6-8-14(12)18-13/h5-8,13,16H,4,9-11H2,1-3H3. The first-order valence-electron chi connectivity index (χ1n) is 6.70. The van der Waals surface area contributed by atoms with Gasteiger partial charge in [0.15, 0.2) is 0 Å². The number of hydrogen-bond acceptors (Lipinski definition) is 3. The van der Waals surface area contributed by atoms with Gasteiger partial charge in [0.2, 0.25) is 0 Å². The zero-order valence-electron chi connectivity index (χ0n) is 11.5. The van der Waals surface area contributed by atoms with Gasteiger partial charge in [-0.15, -0.1) is 0 Å². The van der Waals surface area contributed by atoms with Crippen molar-refractivity contribution in [2.24, 2.45) is 0 Å². The third-order valence-electron chi connectivity index (χ3n) is 3.17. The summed E-state index contributed by atoms with van der Waals surface area (Å²) < 4.78 is 11.5. The molecule has 1 aliphatic heterocycles. The maximum atomic E-state index is 5.88. The average Bonchev–Trinajstić information content (AvgIpc) is 2.71. The van der Waals surface area contributed by atoms with Crippen LogP contribution in [-0.2, 0) is 11.2 Å². The fourth-order valence-corrected chi connectivity index (χ4v) is 2.34. The molecule has 2 rings (SSSR count). The lowest BCUT2D eigenvalue weighted by molar-refractivity contribution is -0.00980. The third-order valence-corrected chi connectivity index (χ3v) is 3.17. The summed E-state index contributed by atoms with van der Waals surface area (Å²) in [5.41, 5.74) is 1.20. The Labute approximate surface area is 109 Å². The second-order valence-corrected chi connectivity index (χ2v) is 5.38. The fraction of sp³-hybridized carbons (Fsp3) is 0.600. The highest BCUT2D eigenvalue weighted by molar-refractivity contribution is 5.37. The molecular formula is C15H23NO2. The van der Waals surface area contributed by atoms with E-state index in [-0.39, 0.29) is 11.7 Å². The number of rotatable bonds is 6. The molecule has 0 saturated heterocycles. The molecule has 0 bridgehead atoms. The largest absolute Gasteiger partial charge is 0.488 e. The van der Waals surface area contributed by atoms with E-state index in [0.29, 0.717) is 0 Å². The van der Waals surface area contributed by atoms with E-state index < -0.39 is 0 Å². The van der Waals surface area contributed by atoms with Gasteiger partial charge in [-0.25, -0.2) is 0 Å². The van der Waals surface area contributed by atoms with Gasteiger partial charge in [-0.3, -0.25) is 0 Å². The topological polar surface area (TPSA) is 30.5 Å². The minimum Gasteiger partial charge on any atom is -0.488 e. The Morgan fingerprint density at radius 3 is 2.89 bits per heavy atom. The van der Waals surface area contributed by atoms with Crippen LogP contribution >= 0.6 is 0 Å². The Balaban J connectivity index is 1.74. The second-order valence-electron chi connectivity index (χ2n) is 5.38. The van der Waals surface area contributed by atoms with E-state index in [1.165, 1.54) is 5.56 Å². The SMILES string of the molecule is CCOC(C)(C)CNCC1Cc2ccccc2O1. The number of para-hydroxylation sites is 1. The molecule has 0 spiro atoms. The van der Waals surface area contributed by atoms with Crippen LogP contribution < -0.4 is 10.1 Å². The zero-order valence-corrected chi connectivity index (χ0v) is 11.5. The monoisotopic (exact) mass is 249 g/mol. The molecule has 1 unspecified atom stereocenters. The third kappa shape index (κ3) is 3.47. The summed E-state index contributed by atoms with van der Waals surface area (Å²) in [4.78, 5) is 0. The van der Waals surface area contributed by atoms with Crippen LogP contribution in [0.4, 0.5) is 0 Å². The molecule has 3 nitrogen and oxygen atoms in total. The molecule has 3 heteroatoms. The second kappa shape index (κ2) is 5.72. The van der Waals surface area contributed by atoms with Gasteiger partial charge in [0.05, 0.1) is 5.60 Å². The van der Waals surface area contributed by atoms with Crippen LogP contribution in [0.15, 0.2) is 24.3 Å². The van der Waals surface area contributed by atoms with Gasteiger partial charge in [-0.05, 0) is 32.4 Å². The maximum Gasteiger partial charge on any atom is 0.123 e. The van der Waals surface area contributed by atoms with Crippen molar-refractivity contribution < 1.29 is 9.47 Å². The minimum atomic E-state index is -0.111. The van der Waals surface area contributed by atoms with Crippen LogP contribution in [0.2, 0.25) is 0 Å². The Kier molecular flexibility index (Phi) is 4.25. The molecule has 1 aromatic carbocycles. The van der Waals surface area contributed by atoms with Crippen molar-refractivity contribution in [3.8, 4) is 5.75 Å². The molecule has 1 atom stereocenters. The van der Waals surface area contributed by atoms with E-state index in [2.05, 4.69) is 31.3 Å². The van der Waals surface area contributed by atoms with Gasteiger partial charge in [0, 0.05) is 26.1 Å². The molecular weight excluding hydrogens is 226 g/mol. The van der Waals surface area contributed by atoms with Gasteiger partial charge < -0.3 is 14.8 Å². The first kappa shape index (κ1) is 13.4. The molecule has 1 N–H and O–H groups in total. The predicted octanol–water partition coefficient (Wildman–Crippen LogP) is 2.39. The van der Waals surface area contributed by atoms with Crippen molar-refractivity contribution >= 4 is 0 Å². The normalized spacial score (nSPS) is 18.5. The van der Waals surface area contributed by atoms with Gasteiger partial charge in [0.1, 0.15) is 11.9 Å². The summed E-state index contributed by atoms with van der Waals surface area (Å²) in [6.45, 7) is 8.70. The van der Waals surface area contributed by atoms with Crippen LogP contribution in [-0.4, -0.2) is 31.4 Å². The van der Waals surface area contributed by atoms with Crippen LogP contribution in [0.3, 0.4) is 0 Å². The van der Waals surface area contributed by atoms with Gasteiger partial charge in [0.25, 0.3) is 0 Å². The Morgan fingerprint density at radius 2 is 2.17 bits per heavy atom. The minimum absolute atomic E-state index is 0.111. The highest BCUT2D eigenvalue weighted by Crippen LogP contribution is 2.27. The number of hydrogen-bond donors (Lipinski definition) is 1. The molecule has 0 saturated carbocycles. The van der Waals surface area contributed by atoms with Gasteiger partial charge in [-0.2, -0.15) is 0 Å². The summed E-state index contributed by atoms with van der Waals surface area (Å²) in [6.07, 6.45) is 1.25. The van der Waals surface area contributed by atoms with E-state index in [0.717, 1.165) is 31.9 Å². The first-order valence-corrected chi connectivity index (χ1v) is 6.70. The van der Waals surface area contributed by atoms with Gasteiger partial charge in [-0.1, -0.05) is 18.2 Å². The molecule has 100 valence electrons.